The molecular formula is C17H15IN2O2S. The molecule has 0 aliphatic rings. The van der Waals surface area contributed by atoms with Crippen LogP contribution < -0.4 is 4.31 Å². The number of sulfonamides is 1. The topological polar surface area (TPSA) is 61.2 Å². The van der Waals surface area contributed by atoms with Gasteiger partial charge in [-0.3, -0.25) is 0 Å². The molecule has 0 atom stereocenters. The summed E-state index contributed by atoms with van der Waals surface area (Å²) in [6.45, 7) is 3.73. The van der Waals surface area contributed by atoms with Gasteiger partial charge in [0.25, 0.3) is 10.0 Å². The fourth-order valence-corrected chi connectivity index (χ4v) is 3.82. The van der Waals surface area contributed by atoms with Crippen LogP contribution >= 0.6 is 22.6 Å². The van der Waals surface area contributed by atoms with Crippen LogP contribution in [-0.4, -0.2) is 8.42 Å². The van der Waals surface area contributed by atoms with Crippen molar-refractivity contribution in [2.75, 3.05) is 4.31 Å². The monoisotopic (exact) mass is 438 g/mol. The highest BCUT2D eigenvalue weighted by molar-refractivity contribution is 14.1. The number of allylic oxidation sites excluding steroid dienone is 1. The van der Waals surface area contributed by atoms with Crippen LogP contribution in [0.2, 0.25) is 0 Å². The Balaban J connectivity index is 2.55. The summed E-state index contributed by atoms with van der Waals surface area (Å²) in [5.74, 6) is 0. The number of anilines is 1. The zero-order valence-corrected chi connectivity index (χ0v) is 15.7. The van der Waals surface area contributed by atoms with E-state index in [-0.39, 0.29) is 4.90 Å². The minimum absolute atomic E-state index is 0.223. The molecule has 0 bridgehead atoms. The van der Waals surface area contributed by atoms with Crippen LogP contribution in [0.15, 0.2) is 63.2 Å². The maximum Gasteiger partial charge on any atom is 0.268 e. The van der Waals surface area contributed by atoms with Gasteiger partial charge in [0.15, 0.2) is 0 Å². The largest absolute Gasteiger partial charge is 0.268 e. The Morgan fingerprint density at radius 2 is 1.70 bits per heavy atom. The van der Waals surface area contributed by atoms with Gasteiger partial charge >= 0.3 is 0 Å². The molecule has 0 N–H and O–H groups in total. The Morgan fingerprint density at radius 1 is 1.13 bits per heavy atom. The Kier molecular flexibility index (Phi) is 5.44. The van der Waals surface area contributed by atoms with Crippen LogP contribution in [0.5, 0.6) is 0 Å². The zero-order valence-electron chi connectivity index (χ0n) is 12.7. The number of hydrogen-bond donors (Lipinski definition) is 0. The number of hydrogen-bond acceptors (Lipinski definition) is 3. The van der Waals surface area contributed by atoms with Gasteiger partial charge in [-0.2, -0.15) is 5.26 Å². The molecule has 4 nitrogen and oxygen atoms in total. The Morgan fingerprint density at radius 3 is 2.17 bits per heavy atom. The second-order valence-electron chi connectivity index (χ2n) is 4.99. The molecule has 0 aromatic heterocycles. The summed E-state index contributed by atoms with van der Waals surface area (Å²) < 4.78 is 28.0. The second-order valence-corrected chi connectivity index (χ2v) is 8.50. The third-order valence-electron chi connectivity index (χ3n) is 3.12. The lowest BCUT2D eigenvalue weighted by molar-refractivity contribution is 0.596. The summed E-state index contributed by atoms with van der Waals surface area (Å²) >= 11 is 2.07. The Bertz CT molecular complexity index is 860. The second kappa shape index (κ2) is 7.15. The molecule has 0 amide bonds. The molecule has 6 heteroatoms. The van der Waals surface area contributed by atoms with Gasteiger partial charge in [0.05, 0.1) is 22.2 Å². The molecule has 2 aromatic rings. The minimum Gasteiger partial charge on any atom is -0.241 e. The quantitative estimate of drug-likeness (QED) is 0.667. The summed E-state index contributed by atoms with van der Waals surface area (Å²) in [7, 11) is -3.72. The SMILES string of the molecule is C/C(I)=C\N(c1ccc(C#N)cc1)S(=O)(=O)c1ccc(C)cc1. The van der Waals surface area contributed by atoms with E-state index in [9.17, 15) is 8.42 Å². The smallest absolute Gasteiger partial charge is 0.241 e. The fourth-order valence-electron chi connectivity index (χ4n) is 1.95. The van der Waals surface area contributed by atoms with Gasteiger partial charge in [-0.25, -0.2) is 12.7 Å². The van der Waals surface area contributed by atoms with Gasteiger partial charge in [-0.1, -0.05) is 17.7 Å². The van der Waals surface area contributed by atoms with E-state index in [0.717, 1.165) is 9.14 Å². The Hall–Kier alpha value is -1.85. The van der Waals surface area contributed by atoms with Gasteiger partial charge in [-0.15, -0.1) is 0 Å². The van der Waals surface area contributed by atoms with E-state index < -0.39 is 10.0 Å². The number of nitriles is 1. The van der Waals surface area contributed by atoms with Crippen molar-refractivity contribution in [3.63, 3.8) is 0 Å². The van der Waals surface area contributed by atoms with E-state index in [1.54, 1.807) is 54.7 Å². The van der Waals surface area contributed by atoms with Crippen molar-refractivity contribution in [2.45, 2.75) is 18.7 Å². The predicted octanol–water partition coefficient (Wildman–Crippen LogP) is 4.36. The fraction of sp³-hybridized carbons (Fsp3) is 0.118. The van der Waals surface area contributed by atoms with Gasteiger partial charge in [0, 0.05) is 9.78 Å². The minimum atomic E-state index is -3.72. The van der Waals surface area contributed by atoms with Crippen molar-refractivity contribution in [1.29, 1.82) is 5.26 Å². The van der Waals surface area contributed by atoms with E-state index in [1.165, 1.54) is 4.31 Å². The number of aryl methyl sites for hydroxylation is 1. The van der Waals surface area contributed by atoms with E-state index in [4.69, 9.17) is 5.26 Å². The molecule has 0 spiro atoms. The normalized spacial score (nSPS) is 11.8. The summed E-state index contributed by atoms with van der Waals surface area (Å²) in [6.07, 6.45) is 1.57. The first-order valence-electron chi connectivity index (χ1n) is 6.80. The van der Waals surface area contributed by atoms with Crippen molar-refractivity contribution in [1.82, 2.24) is 0 Å². The highest BCUT2D eigenvalue weighted by atomic mass is 127. The lowest BCUT2D eigenvalue weighted by Crippen LogP contribution is -2.25. The standard InChI is InChI=1S/C17H15IN2O2S/c1-13-3-9-17(10-4-13)23(21,22)20(12-14(2)18)16-7-5-15(11-19)6-8-16/h3-10,12H,1-2H3/b14-12+. The number of nitrogens with zero attached hydrogens (tertiary/aromatic N) is 2. The van der Waals surface area contributed by atoms with Crippen molar-refractivity contribution < 1.29 is 8.42 Å². The van der Waals surface area contributed by atoms with Crippen LogP contribution in [0.1, 0.15) is 18.1 Å². The molecule has 23 heavy (non-hydrogen) atoms. The van der Waals surface area contributed by atoms with Crippen LogP contribution in [-0.2, 0) is 10.0 Å². The zero-order chi connectivity index (χ0) is 17.0. The van der Waals surface area contributed by atoms with Crippen LogP contribution in [0.25, 0.3) is 0 Å². The average Bonchev–Trinajstić information content (AvgIpc) is 2.53. The first-order valence-corrected chi connectivity index (χ1v) is 9.31. The molecule has 118 valence electrons. The van der Waals surface area contributed by atoms with Crippen LogP contribution in [0.3, 0.4) is 0 Å². The lowest BCUT2D eigenvalue weighted by atomic mass is 10.2. The van der Waals surface area contributed by atoms with Crippen molar-refractivity contribution in [3.8, 4) is 6.07 Å². The van der Waals surface area contributed by atoms with Crippen molar-refractivity contribution in [2.24, 2.45) is 0 Å². The maximum absolute atomic E-state index is 12.9. The number of halogens is 1. The highest BCUT2D eigenvalue weighted by Crippen LogP contribution is 2.26. The number of rotatable bonds is 4. The summed E-state index contributed by atoms with van der Waals surface area (Å²) in [5.41, 5.74) is 1.96. The Labute approximate surface area is 150 Å². The molecule has 0 radical (unpaired) electrons. The molecule has 0 aliphatic heterocycles. The number of benzene rings is 2. The van der Waals surface area contributed by atoms with Crippen LogP contribution in [0.4, 0.5) is 5.69 Å². The average molecular weight is 438 g/mol. The molecule has 0 unspecified atom stereocenters. The van der Waals surface area contributed by atoms with E-state index in [1.807, 2.05) is 19.9 Å². The van der Waals surface area contributed by atoms with E-state index >= 15 is 0 Å². The molecule has 0 saturated carbocycles. The molecule has 0 aliphatic carbocycles. The predicted molar refractivity (Wildman–Crippen MR) is 99.8 cm³/mol. The summed E-state index contributed by atoms with van der Waals surface area (Å²) in [5, 5.41) is 8.88. The third-order valence-corrected chi connectivity index (χ3v) is 5.10. The maximum atomic E-state index is 12.9. The summed E-state index contributed by atoms with van der Waals surface area (Å²) in [4.78, 5) is 0.223. The molecule has 0 saturated heterocycles. The molecule has 0 fully saturated rings. The van der Waals surface area contributed by atoms with E-state index in [0.29, 0.717) is 11.3 Å². The van der Waals surface area contributed by atoms with E-state index in [2.05, 4.69) is 22.6 Å². The third kappa shape index (κ3) is 4.12. The first kappa shape index (κ1) is 17.5. The van der Waals surface area contributed by atoms with Crippen molar-refractivity contribution >= 4 is 38.3 Å². The molecular weight excluding hydrogens is 423 g/mol. The first-order chi connectivity index (χ1) is 10.8. The van der Waals surface area contributed by atoms with Crippen molar-refractivity contribution in [3.05, 3.63) is 69.4 Å². The highest BCUT2D eigenvalue weighted by Gasteiger charge is 2.23. The van der Waals surface area contributed by atoms with Gasteiger partial charge in [-0.05, 0) is 72.8 Å². The van der Waals surface area contributed by atoms with Gasteiger partial charge in [0.1, 0.15) is 0 Å². The molecule has 2 rings (SSSR count). The molecule has 0 heterocycles. The van der Waals surface area contributed by atoms with Gasteiger partial charge < -0.3 is 0 Å². The molecule has 2 aromatic carbocycles. The summed E-state index contributed by atoms with van der Waals surface area (Å²) in [6, 6.07) is 15.2. The lowest BCUT2D eigenvalue weighted by Gasteiger charge is -2.21. The van der Waals surface area contributed by atoms with Crippen LogP contribution in [0, 0.1) is 18.3 Å². The van der Waals surface area contributed by atoms with Gasteiger partial charge in [0.2, 0.25) is 0 Å².